The molecule has 0 aliphatic carbocycles. The van der Waals surface area contributed by atoms with Gasteiger partial charge in [-0.2, -0.15) is 17.7 Å². The van der Waals surface area contributed by atoms with Crippen LogP contribution >= 0.6 is 24.4 Å². The molecule has 1 heterocycles. The van der Waals surface area contributed by atoms with Crippen molar-refractivity contribution in [2.45, 2.75) is 17.3 Å². The minimum Gasteiger partial charge on any atom is -0.228 e. The number of thioether (sulfide) groups is 1. The van der Waals surface area contributed by atoms with Crippen molar-refractivity contribution in [2.75, 3.05) is 6.26 Å². The van der Waals surface area contributed by atoms with Crippen LogP contribution in [0, 0.1) is 0 Å². The van der Waals surface area contributed by atoms with Gasteiger partial charge < -0.3 is 0 Å². The number of aromatic nitrogens is 3. The third-order valence-corrected chi connectivity index (χ3v) is 1.99. The van der Waals surface area contributed by atoms with Gasteiger partial charge in [0.05, 0.1) is 11.9 Å². The van der Waals surface area contributed by atoms with Crippen molar-refractivity contribution in [1.82, 2.24) is 15.2 Å². The van der Waals surface area contributed by atoms with E-state index < -0.39 is 0 Å². The van der Waals surface area contributed by atoms with Gasteiger partial charge in [-0.1, -0.05) is 11.8 Å². The van der Waals surface area contributed by atoms with Gasteiger partial charge in [0.1, 0.15) is 0 Å². The highest BCUT2D eigenvalue weighted by Gasteiger charge is 2.02. The third-order valence-electron chi connectivity index (χ3n) is 1.17. The Morgan fingerprint density at radius 2 is 2.27 bits per heavy atom. The molecule has 0 aliphatic rings. The molecule has 60 valence electrons. The van der Waals surface area contributed by atoms with Crippen molar-refractivity contribution in [1.29, 1.82) is 0 Å². The molecule has 3 nitrogen and oxygen atoms in total. The average Bonchev–Trinajstić information content (AvgIpc) is 2.05. The van der Waals surface area contributed by atoms with Gasteiger partial charge in [0, 0.05) is 5.25 Å². The van der Waals surface area contributed by atoms with Gasteiger partial charge >= 0.3 is 0 Å². The summed E-state index contributed by atoms with van der Waals surface area (Å²) in [7, 11) is 0. The molecule has 0 radical (unpaired) electrons. The Balaban J connectivity index is 2.83. The maximum absolute atomic E-state index is 4.20. The van der Waals surface area contributed by atoms with Crippen molar-refractivity contribution in [3.63, 3.8) is 0 Å². The Bertz CT molecular complexity index is 222. The van der Waals surface area contributed by atoms with E-state index in [1.165, 1.54) is 11.8 Å². The quantitative estimate of drug-likeness (QED) is 0.563. The molecular formula is C6H9N3S2. The third kappa shape index (κ3) is 2.34. The lowest BCUT2D eigenvalue weighted by atomic mass is 10.4. The average molecular weight is 187 g/mol. The lowest BCUT2D eigenvalue weighted by Crippen LogP contribution is -1.96. The summed E-state index contributed by atoms with van der Waals surface area (Å²) in [6, 6.07) is 0. The zero-order valence-corrected chi connectivity index (χ0v) is 8.06. The van der Waals surface area contributed by atoms with Gasteiger partial charge in [-0.25, -0.2) is 4.98 Å². The van der Waals surface area contributed by atoms with E-state index in [2.05, 4.69) is 27.8 Å². The summed E-state index contributed by atoms with van der Waals surface area (Å²) >= 11 is 5.68. The highest BCUT2D eigenvalue weighted by molar-refractivity contribution is 7.98. The molecule has 0 amide bonds. The molecule has 1 rings (SSSR count). The van der Waals surface area contributed by atoms with Crippen molar-refractivity contribution in [3.05, 3.63) is 11.9 Å². The van der Waals surface area contributed by atoms with Crippen molar-refractivity contribution >= 4 is 24.4 Å². The zero-order valence-electron chi connectivity index (χ0n) is 6.35. The maximum atomic E-state index is 4.20. The number of nitrogens with zero attached hydrogens (tertiary/aromatic N) is 3. The summed E-state index contributed by atoms with van der Waals surface area (Å²) in [6.45, 7) is 1.94. The van der Waals surface area contributed by atoms with Crippen molar-refractivity contribution in [3.8, 4) is 0 Å². The van der Waals surface area contributed by atoms with Gasteiger partial charge in [0.25, 0.3) is 0 Å². The molecule has 0 aromatic carbocycles. The molecule has 0 N–H and O–H groups in total. The number of thiol groups is 1. The Morgan fingerprint density at radius 1 is 1.55 bits per heavy atom. The Kier molecular flexibility index (Phi) is 3.14. The minimum atomic E-state index is 0.103. The minimum absolute atomic E-state index is 0.103. The van der Waals surface area contributed by atoms with Crippen LogP contribution in [-0.2, 0) is 0 Å². The number of hydrogen-bond acceptors (Lipinski definition) is 5. The van der Waals surface area contributed by atoms with E-state index in [0.717, 1.165) is 5.69 Å². The van der Waals surface area contributed by atoms with Crippen LogP contribution in [0.15, 0.2) is 11.4 Å². The molecule has 0 spiro atoms. The molecule has 0 fully saturated rings. The first-order chi connectivity index (χ1) is 5.24. The van der Waals surface area contributed by atoms with Gasteiger partial charge in [-0.3, -0.25) is 0 Å². The van der Waals surface area contributed by atoms with Gasteiger partial charge in [-0.05, 0) is 13.2 Å². The lowest BCUT2D eigenvalue weighted by Gasteiger charge is -2.00. The van der Waals surface area contributed by atoms with Gasteiger partial charge in [-0.15, -0.1) is 5.10 Å². The first-order valence-electron chi connectivity index (χ1n) is 3.15. The van der Waals surface area contributed by atoms with E-state index in [1.807, 2.05) is 13.2 Å². The predicted octanol–water partition coefficient (Wildman–Crippen LogP) is 1.58. The summed E-state index contributed by atoms with van der Waals surface area (Å²) in [6.07, 6.45) is 3.62. The van der Waals surface area contributed by atoms with Crippen LogP contribution in [-0.4, -0.2) is 21.4 Å². The van der Waals surface area contributed by atoms with Crippen LogP contribution in [0.4, 0.5) is 0 Å². The molecule has 1 unspecified atom stereocenters. The first-order valence-corrected chi connectivity index (χ1v) is 4.90. The molecule has 1 aromatic rings. The molecule has 1 atom stereocenters. The van der Waals surface area contributed by atoms with Crippen LogP contribution in [0.2, 0.25) is 0 Å². The Labute approximate surface area is 75.4 Å². The first kappa shape index (κ1) is 8.80. The summed E-state index contributed by atoms with van der Waals surface area (Å²) in [5, 5.41) is 8.61. The molecule has 1 aromatic heterocycles. The topological polar surface area (TPSA) is 38.7 Å². The van der Waals surface area contributed by atoms with Gasteiger partial charge in [0.2, 0.25) is 5.16 Å². The summed E-state index contributed by atoms with van der Waals surface area (Å²) in [5.41, 5.74) is 0.811. The molecular weight excluding hydrogens is 178 g/mol. The second-order valence-electron chi connectivity index (χ2n) is 2.05. The second kappa shape index (κ2) is 3.92. The Morgan fingerprint density at radius 3 is 2.64 bits per heavy atom. The standard InChI is InChI=1S/C6H9N3S2/c1-4(10)5-3-7-6(11-2)9-8-5/h3-4,10H,1-2H3. The molecule has 0 saturated carbocycles. The lowest BCUT2D eigenvalue weighted by molar-refractivity contribution is 0.785. The van der Waals surface area contributed by atoms with Crippen molar-refractivity contribution in [2.24, 2.45) is 0 Å². The molecule has 0 aliphatic heterocycles. The van der Waals surface area contributed by atoms with Crippen LogP contribution < -0.4 is 0 Å². The van der Waals surface area contributed by atoms with E-state index in [-0.39, 0.29) is 5.25 Å². The zero-order chi connectivity index (χ0) is 8.27. The van der Waals surface area contributed by atoms with E-state index >= 15 is 0 Å². The van der Waals surface area contributed by atoms with Crippen molar-refractivity contribution < 1.29 is 0 Å². The fraction of sp³-hybridized carbons (Fsp3) is 0.500. The monoisotopic (exact) mass is 187 g/mol. The van der Waals surface area contributed by atoms with Crippen LogP contribution in [0.1, 0.15) is 17.9 Å². The molecule has 0 saturated heterocycles. The summed E-state index contributed by atoms with van der Waals surface area (Å²) in [4.78, 5) is 4.06. The normalized spacial score (nSPS) is 13.0. The van der Waals surface area contributed by atoms with E-state index in [1.54, 1.807) is 6.20 Å². The smallest absolute Gasteiger partial charge is 0.208 e. The predicted molar refractivity (Wildman–Crippen MR) is 49.0 cm³/mol. The molecule has 11 heavy (non-hydrogen) atoms. The van der Waals surface area contributed by atoms with E-state index in [4.69, 9.17) is 0 Å². The maximum Gasteiger partial charge on any atom is 0.208 e. The number of hydrogen-bond donors (Lipinski definition) is 1. The highest BCUT2D eigenvalue weighted by Crippen LogP contribution is 2.15. The van der Waals surface area contributed by atoms with Gasteiger partial charge in [0.15, 0.2) is 0 Å². The highest BCUT2D eigenvalue weighted by atomic mass is 32.2. The van der Waals surface area contributed by atoms with E-state index in [9.17, 15) is 0 Å². The van der Waals surface area contributed by atoms with E-state index in [0.29, 0.717) is 5.16 Å². The molecule has 0 bridgehead atoms. The van der Waals surface area contributed by atoms with Crippen LogP contribution in [0.25, 0.3) is 0 Å². The molecule has 5 heteroatoms. The summed E-state index contributed by atoms with van der Waals surface area (Å²) < 4.78 is 0. The Hall–Kier alpha value is -0.290. The number of rotatable bonds is 2. The fourth-order valence-corrected chi connectivity index (χ4v) is 0.957. The van der Waals surface area contributed by atoms with Crippen LogP contribution in [0.5, 0.6) is 0 Å². The largest absolute Gasteiger partial charge is 0.228 e. The van der Waals surface area contributed by atoms with Crippen LogP contribution in [0.3, 0.4) is 0 Å². The fourth-order valence-electron chi connectivity index (χ4n) is 0.558. The second-order valence-corrected chi connectivity index (χ2v) is 3.59. The SMILES string of the molecule is CSc1ncc(C(C)S)nn1. The summed E-state index contributed by atoms with van der Waals surface area (Å²) in [5.74, 6) is 0.